The summed E-state index contributed by atoms with van der Waals surface area (Å²) in [7, 11) is -3.13. The summed E-state index contributed by atoms with van der Waals surface area (Å²) in [4.78, 5) is 0. The molecule has 2 N–H and O–H groups in total. The molecule has 1 fully saturated rings. The average molecular weight is 269 g/mol. The van der Waals surface area contributed by atoms with Crippen molar-refractivity contribution in [2.24, 2.45) is 5.73 Å². The van der Waals surface area contributed by atoms with Gasteiger partial charge in [-0.25, -0.2) is 8.42 Å². The van der Waals surface area contributed by atoms with E-state index in [2.05, 4.69) is 0 Å². The third kappa shape index (κ3) is 3.23. The number of rotatable bonds is 5. The van der Waals surface area contributed by atoms with Gasteiger partial charge in [-0.1, -0.05) is 12.1 Å². The molecule has 1 aliphatic rings. The summed E-state index contributed by atoms with van der Waals surface area (Å²) in [5.41, 5.74) is 6.78. The maximum Gasteiger partial charge on any atom is 0.151 e. The lowest BCUT2D eigenvalue weighted by Gasteiger charge is -2.18. The molecule has 0 amide bonds. The van der Waals surface area contributed by atoms with Crippen LogP contribution < -0.4 is 10.5 Å². The Morgan fingerprint density at radius 1 is 1.28 bits per heavy atom. The Kier molecular flexibility index (Phi) is 3.64. The molecule has 2 rings (SSSR count). The van der Waals surface area contributed by atoms with E-state index in [9.17, 15) is 8.42 Å². The number of ether oxygens (including phenoxy) is 1. The van der Waals surface area contributed by atoms with Gasteiger partial charge in [-0.15, -0.1) is 0 Å². The maximum absolute atomic E-state index is 11.5. The van der Waals surface area contributed by atoms with E-state index in [0.29, 0.717) is 6.10 Å². The molecule has 0 spiro atoms. The maximum atomic E-state index is 11.5. The smallest absolute Gasteiger partial charge is 0.151 e. The molecular formula is C13H19NO3S. The Balaban J connectivity index is 2.08. The number of sulfone groups is 1. The molecule has 1 aromatic carbocycles. The second-order valence-corrected chi connectivity index (χ2v) is 7.35. The molecule has 5 heteroatoms. The predicted molar refractivity (Wildman–Crippen MR) is 71.3 cm³/mol. The summed E-state index contributed by atoms with van der Waals surface area (Å²) in [6.07, 6.45) is 3.81. The van der Waals surface area contributed by atoms with Crippen molar-refractivity contribution in [2.75, 3.05) is 6.26 Å². The van der Waals surface area contributed by atoms with Crippen molar-refractivity contribution in [1.29, 1.82) is 0 Å². The zero-order valence-corrected chi connectivity index (χ0v) is 11.5. The first kappa shape index (κ1) is 13.4. The second kappa shape index (κ2) is 4.90. The zero-order valence-electron chi connectivity index (χ0n) is 10.7. The largest absolute Gasteiger partial charge is 0.490 e. The highest BCUT2D eigenvalue weighted by Crippen LogP contribution is 2.28. The van der Waals surface area contributed by atoms with E-state index in [-0.39, 0.29) is 0 Å². The summed E-state index contributed by atoms with van der Waals surface area (Å²) in [5.74, 6) is 0.820. The number of hydrogen-bond acceptors (Lipinski definition) is 4. The van der Waals surface area contributed by atoms with Crippen molar-refractivity contribution in [3.05, 3.63) is 29.8 Å². The fraction of sp³-hybridized carbons (Fsp3) is 0.538. The van der Waals surface area contributed by atoms with Gasteiger partial charge in [-0.05, 0) is 37.5 Å². The van der Waals surface area contributed by atoms with Crippen LogP contribution in [0, 0.1) is 0 Å². The monoisotopic (exact) mass is 269 g/mol. The standard InChI is InChI=1S/C13H19NO3S/c1-9(18(2,15)16)13(14)10-3-5-11(6-4-10)17-12-7-8-12/h3-6,9,12-13H,7-8,14H2,1-2H3. The van der Waals surface area contributed by atoms with Crippen LogP contribution in [0.15, 0.2) is 24.3 Å². The number of hydrogen-bond donors (Lipinski definition) is 1. The molecule has 1 aromatic rings. The van der Waals surface area contributed by atoms with Crippen molar-refractivity contribution in [3.8, 4) is 5.75 Å². The van der Waals surface area contributed by atoms with E-state index < -0.39 is 21.1 Å². The molecule has 4 nitrogen and oxygen atoms in total. The summed E-state index contributed by atoms with van der Waals surface area (Å²) < 4.78 is 28.6. The minimum atomic E-state index is -3.13. The van der Waals surface area contributed by atoms with E-state index in [0.717, 1.165) is 24.2 Å². The third-order valence-electron chi connectivity index (χ3n) is 3.27. The van der Waals surface area contributed by atoms with E-state index in [1.807, 2.05) is 24.3 Å². The van der Waals surface area contributed by atoms with Crippen molar-refractivity contribution in [3.63, 3.8) is 0 Å². The van der Waals surface area contributed by atoms with Crippen molar-refractivity contribution in [2.45, 2.75) is 37.2 Å². The van der Waals surface area contributed by atoms with Gasteiger partial charge in [0.2, 0.25) is 0 Å². The van der Waals surface area contributed by atoms with Crippen molar-refractivity contribution in [1.82, 2.24) is 0 Å². The Morgan fingerprint density at radius 3 is 2.28 bits per heavy atom. The molecule has 18 heavy (non-hydrogen) atoms. The quantitative estimate of drug-likeness (QED) is 0.882. The van der Waals surface area contributed by atoms with Gasteiger partial charge in [-0.2, -0.15) is 0 Å². The Morgan fingerprint density at radius 2 is 1.83 bits per heavy atom. The lowest BCUT2D eigenvalue weighted by Crippen LogP contribution is -2.30. The van der Waals surface area contributed by atoms with Crippen LogP contribution in [-0.4, -0.2) is 26.0 Å². The van der Waals surface area contributed by atoms with Gasteiger partial charge in [0.1, 0.15) is 5.75 Å². The van der Waals surface area contributed by atoms with Gasteiger partial charge in [0, 0.05) is 12.3 Å². The topological polar surface area (TPSA) is 69.4 Å². The molecule has 100 valence electrons. The molecule has 2 unspecified atom stereocenters. The molecule has 1 saturated carbocycles. The molecule has 2 atom stereocenters. The van der Waals surface area contributed by atoms with Crippen LogP contribution in [0.2, 0.25) is 0 Å². The van der Waals surface area contributed by atoms with Crippen molar-refractivity contribution < 1.29 is 13.2 Å². The minimum Gasteiger partial charge on any atom is -0.490 e. The molecule has 0 heterocycles. The van der Waals surface area contributed by atoms with Crippen LogP contribution in [-0.2, 0) is 9.84 Å². The van der Waals surface area contributed by atoms with Gasteiger partial charge in [0.15, 0.2) is 9.84 Å². The highest BCUT2D eigenvalue weighted by atomic mass is 32.2. The first-order chi connectivity index (χ1) is 8.38. The van der Waals surface area contributed by atoms with Gasteiger partial charge in [0.25, 0.3) is 0 Å². The molecule has 0 saturated heterocycles. The van der Waals surface area contributed by atoms with E-state index >= 15 is 0 Å². The van der Waals surface area contributed by atoms with E-state index in [1.165, 1.54) is 6.26 Å². The van der Waals surface area contributed by atoms with Crippen LogP contribution in [0.25, 0.3) is 0 Å². The second-order valence-electron chi connectivity index (χ2n) is 4.95. The first-order valence-electron chi connectivity index (χ1n) is 6.09. The lowest BCUT2D eigenvalue weighted by atomic mass is 10.1. The molecule has 0 aromatic heterocycles. The SMILES string of the molecule is CC(C(N)c1ccc(OC2CC2)cc1)S(C)(=O)=O. The summed E-state index contributed by atoms with van der Waals surface area (Å²) >= 11 is 0. The fourth-order valence-electron chi connectivity index (χ4n) is 1.68. The van der Waals surface area contributed by atoms with Gasteiger partial charge >= 0.3 is 0 Å². The molecular weight excluding hydrogens is 250 g/mol. The van der Waals surface area contributed by atoms with Gasteiger partial charge < -0.3 is 10.5 Å². The summed E-state index contributed by atoms with van der Waals surface area (Å²) in [6.45, 7) is 1.63. The van der Waals surface area contributed by atoms with Gasteiger partial charge in [0.05, 0.1) is 11.4 Å². The van der Waals surface area contributed by atoms with Crippen LogP contribution >= 0.6 is 0 Å². The third-order valence-corrected chi connectivity index (χ3v) is 4.92. The number of nitrogens with two attached hydrogens (primary N) is 1. The van der Waals surface area contributed by atoms with E-state index in [4.69, 9.17) is 10.5 Å². The van der Waals surface area contributed by atoms with Crippen LogP contribution in [0.3, 0.4) is 0 Å². The summed E-state index contributed by atoms with van der Waals surface area (Å²) in [6, 6.07) is 6.87. The van der Waals surface area contributed by atoms with Gasteiger partial charge in [-0.3, -0.25) is 0 Å². The molecule has 0 radical (unpaired) electrons. The Hall–Kier alpha value is -1.07. The zero-order chi connectivity index (χ0) is 13.3. The first-order valence-corrected chi connectivity index (χ1v) is 8.04. The average Bonchev–Trinajstić information content (AvgIpc) is 3.11. The Bertz CT molecular complexity index is 506. The number of benzene rings is 1. The van der Waals surface area contributed by atoms with Crippen LogP contribution in [0.1, 0.15) is 31.4 Å². The minimum absolute atomic E-state index is 0.361. The highest BCUT2D eigenvalue weighted by molar-refractivity contribution is 7.91. The Labute approximate surface area is 108 Å². The summed E-state index contributed by atoms with van der Waals surface area (Å²) in [5, 5.41) is -0.590. The molecule has 1 aliphatic carbocycles. The van der Waals surface area contributed by atoms with Crippen LogP contribution in [0.5, 0.6) is 5.75 Å². The predicted octanol–water partition coefficient (Wildman–Crippen LogP) is 1.66. The fourth-order valence-corrected chi connectivity index (χ4v) is 2.37. The van der Waals surface area contributed by atoms with Crippen molar-refractivity contribution >= 4 is 9.84 Å². The molecule has 0 aliphatic heterocycles. The highest BCUT2D eigenvalue weighted by Gasteiger charge is 2.25. The molecule has 0 bridgehead atoms. The van der Waals surface area contributed by atoms with E-state index in [1.54, 1.807) is 6.92 Å². The lowest BCUT2D eigenvalue weighted by molar-refractivity contribution is 0.303. The normalized spacial score (nSPS) is 19.3. The van der Waals surface area contributed by atoms with Crippen LogP contribution in [0.4, 0.5) is 0 Å².